The van der Waals surface area contributed by atoms with Gasteiger partial charge in [-0.2, -0.15) is 26.3 Å². The van der Waals surface area contributed by atoms with E-state index in [-0.39, 0.29) is 0 Å². The SMILES string of the molecule is COc1cc(OC)c(-c2cn3ccc(N[C@H]4CC[C@@H](NCc5ccc(N(C)C)cc5)CC4)cc3n2)cc1Cl.O=C(O)C(F)(F)F.O=C(O)C(F)(F)F. The molecule has 0 saturated heterocycles. The third kappa shape index (κ3) is 12.1. The van der Waals surface area contributed by atoms with Gasteiger partial charge in [0.25, 0.3) is 0 Å². The maximum absolute atomic E-state index is 10.6. The predicted octanol–water partition coefficient (Wildman–Crippen LogP) is 7.52. The second-order valence-electron chi connectivity index (χ2n) is 11.7. The van der Waals surface area contributed by atoms with Gasteiger partial charge in [-0.05, 0) is 55.5 Å². The minimum absolute atomic E-state index is 0.463. The van der Waals surface area contributed by atoms with Crippen LogP contribution in [0.1, 0.15) is 31.2 Å². The maximum atomic E-state index is 10.6. The van der Waals surface area contributed by atoms with Gasteiger partial charge >= 0.3 is 24.3 Å². The molecule has 0 spiro atoms. The number of carbonyl (C=O) groups is 2. The Morgan fingerprint density at radius 3 is 1.92 bits per heavy atom. The molecule has 0 unspecified atom stereocenters. The molecule has 0 amide bonds. The Bertz CT molecular complexity index is 1770. The first-order chi connectivity index (χ1) is 24.3. The van der Waals surface area contributed by atoms with Crippen molar-refractivity contribution in [3.8, 4) is 22.8 Å². The number of rotatable bonds is 9. The first-order valence-electron chi connectivity index (χ1n) is 15.6. The summed E-state index contributed by atoms with van der Waals surface area (Å²) < 4.78 is 76.4. The lowest BCUT2D eigenvalue weighted by Gasteiger charge is -2.30. The van der Waals surface area contributed by atoms with Gasteiger partial charge in [0.1, 0.15) is 17.1 Å². The number of imidazole rings is 1. The molecule has 0 bridgehead atoms. The van der Waals surface area contributed by atoms with Crippen molar-refractivity contribution in [2.75, 3.05) is 38.5 Å². The number of anilines is 2. The van der Waals surface area contributed by atoms with E-state index < -0.39 is 24.3 Å². The molecule has 2 heterocycles. The average Bonchev–Trinajstić information content (AvgIpc) is 3.51. The zero-order valence-electron chi connectivity index (χ0n) is 28.5. The van der Waals surface area contributed by atoms with E-state index in [0.717, 1.165) is 42.0 Å². The summed E-state index contributed by atoms with van der Waals surface area (Å²) in [5.74, 6) is -4.27. The molecule has 4 N–H and O–H groups in total. The van der Waals surface area contributed by atoms with E-state index in [1.54, 1.807) is 20.3 Å². The summed E-state index contributed by atoms with van der Waals surface area (Å²) in [6, 6.07) is 17.7. The second kappa shape index (κ2) is 18.0. The first-order valence-corrected chi connectivity index (χ1v) is 16.0. The Hall–Kier alpha value is -4.90. The maximum Gasteiger partial charge on any atom is 0.490 e. The lowest BCUT2D eigenvalue weighted by Crippen LogP contribution is -2.36. The van der Waals surface area contributed by atoms with Crippen molar-refractivity contribution >= 4 is 40.6 Å². The number of fused-ring (bicyclic) bond motifs is 1. The summed E-state index contributed by atoms with van der Waals surface area (Å²) in [6.07, 6.45) is -1.51. The average molecular weight is 762 g/mol. The van der Waals surface area contributed by atoms with Gasteiger partial charge in [0.05, 0.1) is 24.9 Å². The summed E-state index contributed by atoms with van der Waals surface area (Å²) in [6.45, 7) is 0.916. The summed E-state index contributed by atoms with van der Waals surface area (Å²) in [5.41, 5.74) is 6.15. The molecule has 18 heteroatoms. The van der Waals surface area contributed by atoms with Gasteiger partial charge in [0.15, 0.2) is 0 Å². The number of carboxylic acid groups (broad SMARTS) is 2. The second-order valence-corrected chi connectivity index (χ2v) is 12.1. The normalized spacial score (nSPS) is 15.8. The molecule has 52 heavy (non-hydrogen) atoms. The molecule has 284 valence electrons. The van der Waals surface area contributed by atoms with E-state index in [0.29, 0.717) is 28.6 Å². The fourth-order valence-electron chi connectivity index (χ4n) is 5.11. The number of aliphatic carboxylic acids is 2. The van der Waals surface area contributed by atoms with E-state index in [4.69, 9.17) is 45.9 Å². The topological polar surface area (TPSA) is 138 Å². The van der Waals surface area contributed by atoms with E-state index in [2.05, 4.69) is 66.0 Å². The van der Waals surface area contributed by atoms with Gasteiger partial charge in [-0.25, -0.2) is 14.6 Å². The Kier molecular flexibility index (Phi) is 14.4. The van der Waals surface area contributed by atoms with E-state index in [1.807, 2.05) is 22.9 Å². The molecule has 2 aromatic carbocycles. The van der Waals surface area contributed by atoms with Gasteiger partial charge in [-0.3, -0.25) is 0 Å². The lowest BCUT2D eigenvalue weighted by molar-refractivity contribution is -0.193. The number of benzene rings is 2. The van der Waals surface area contributed by atoms with Crippen LogP contribution in [0.5, 0.6) is 11.5 Å². The van der Waals surface area contributed by atoms with Crippen molar-refractivity contribution < 1.29 is 55.6 Å². The van der Waals surface area contributed by atoms with E-state index in [9.17, 15) is 26.3 Å². The van der Waals surface area contributed by atoms with Crippen LogP contribution < -0.4 is 25.0 Å². The molecule has 1 fully saturated rings. The van der Waals surface area contributed by atoms with Gasteiger partial charge < -0.3 is 39.6 Å². The van der Waals surface area contributed by atoms with E-state index >= 15 is 0 Å². The van der Waals surface area contributed by atoms with Crippen molar-refractivity contribution in [2.24, 2.45) is 0 Å². The highest BCUT2D eigenvalue weighted by atomic mass is 35.5. The highest BCUT2D eigenvalue weighted by Crippen LogP contribution is 2.38. The van der Waals surface area contributed by atoms with Crippen LogP contribution in [0.15, 0.2) is 60.9 Å². The number of nitrogens with zero attached hydrogens (tertiary/aromatic N) is 3. The number of halogens is 7. The van der Waals surface area contributed by atoms with Crippen LogP contribution in [0.25, 0.3) is 16.9 Å². The quantitative estimate of drug-likeness (QED) is 0.127. The molecule has 0 radical (unpaired) electrons. The fraction of sp³-hybridized carbons (Fsp3) is 0.382. The molecule has 2 aromatic heterocycles. The number of nitrogens with one attached hydrogen (secondary N) is 2. The number of methoxy groups -OCH3 is 2. The van der Waals surface area contributed by atoms with Crippen LogP contribution in [0.4, 0.5) is 37.7 Å². The van der Waals surface area contributed by atoms with Crippen LogP contribution in [0.3, 0.4) is 0 Å². The molecule has 11 nitrogen and oxygen atoms in total. The van der Waals surface area contributed by atoms with Crippen molar-refractivity contribution in [1.82, 2.24) is 14.7 Å². The fourth-order valence-corrected chi connectivity index (χ4v) is 5.35. The third-order valence-electron chi connectivity index (χ3n) is 7.84. The molecule has 1 aliphatic rings. The predicted molar refractivity (Wildman–Crippen MR) is 183 cm³/mol. The number of carboxylic acids is 2. The molecule has 1 aliphatic carbocycles. The Balaban J connectivity index is 0.000000441. The first kappa shape index (κ1) is 41.5. The lowest BCUT2D eigenvalue weighted by atomic mass is 9.91. The van der Waals surface area contributed by atoms with Gasteiger partial charge in [0, 0.05) is 74.2 Å². The number of alkyl halides is 6. The van der Waals surface area contributed by atoms with Crippen LogP contribution in [0, 0.1) is 0 Å². The number of ether oxygens (including phenoxy) is 2. The minimum atomic E-state index is -5.08. The summed E-state index contributed by atoms with van der Waals surface area (Å²) in [4.78, 5) is 24.8. The molecular weight excluding hydrogens is 724 g/mol. The van der Waals surface area contributed by atoms with Crippen molar-refractivity contribution in [1.29, 1.82) is 0 Å². The zero-order valence-corrected chi connectivity index (χ0v) is 29.2. The molecule has 0 atom stereocenters. The smallest absolute Gasteiger partial charge is 0.490 e. The van der Waals surface area contributed by atoms with Gasteiger partial charge in [0.2, 0.25) is 0 Å². The minimum Gasteiger partial charge on any atom is -0.496 e. The highest BCUT2D eigenvalue weighted by molar-refractivity contribution is 6.32. The van der Waals surface area contributed by atoms with Gasteiger partial charge in [-0.15, -0.1) is 0 Å². The van der Waals surface area contributed by atoms with E-state index in [1.165, 1.54) is 24.1 Å². The third-order valence-corrected chi connectivity index (χ3v) is 8.14. The number of pyridine rings is 1. The molecule has 1 saturated carbocycles. The molecule has 4 aromatic rings. The summed E-state index contributed by atoms with van der Waals surface area (Å²) >= 11 is 6.39. The zero-order chi connectivity index (χ0) is 38.8. The van der Waals surface area contributed by atoms with Crippen LogP contribution >= 0.6 is 11.6 Å². The van der Waals surface area contributed by atoms with Gasteiger partial charge in [-0.1, -0.05) is 23.7 Å². The van der Waals surface area contributed by atoms with Crippen molar-refractivity contribution in [3.63, 3.8) is 0 Å². The van der Waals surface area contributed by atoms with Crippen molar-refractivity contribution in [2.45, 2.75) is 56.7 Å². The Morgan fingerprint density at radius 1 is 0.885 bits per heavy atom. The standard InChI is InChI=1S/C30H36ClN5O2.2C2HF3O2/c1-35(2)24-11-5-20(6-12-24)18-32-21-7-9-22(10-8-21)33-23-13-14-36-19-27(34-30(36)15-23)25-16-26(31)29(38-4)17-28(25)37-3;2*3-2(4,5)1(6)7/h5-6,11-17,19,21-22,32-33H,7-10,18H2,1-4H3;2*(H,6,7)/t21-,22+;;. The van der Waals surface area contributed by atoms with Crippen LogP contribution in [-0.2, 0) is 16.1 Å². The Labute approximate surface area is 300 Å². The number of hydrogen-bond donors (Lipinski definition) is 4. The summed E-state index contributed by atoms with van der Waals surface area (Å²) in [5, 5.41) is 22.3. The summed E-state index contributed by atoms with van der Waals surface area (Å²) in [7, 11) is 7.37. The monoisotopic (exact) mass is 761 g/mol. The molecule has 5 rings (SSSR count). The number of aromatic nitrogens is 2. The van der Waals surface area contributed by atoms with Crippen molar-refractivity contribution in [3.05, 3.63) is 71.5 Å². The molecule has 0 aliphatic heterocycles. The van der Waals surface area contributed by atoms with Crippen LogP contribution in [-0.4, -0.2) is 84.3 Å². The van der Waals surface area contributed by atoms with Crippen LogP contribution in [0.2, 0.25) is 5.02 Å². The highest BCUT2D eigenvalue weighted by Gasteiger charge is 2.39. The largest absolute Gasteiger partial charge is 0.496 e. The number of hydrogen-bond acceptors (Lipinski definition) is 8. The molecular formula is C34H38ClF6N5O6. The Morgan fingerprint density at radius 2 is 1.42 bits per heavy atom.